The molecule has 2 atom stereocenters. The molecule has 1 saturated heterocycles. The van der Waals surface area contributed by atoms with Crippen molar-refractivity contribution in [2.75, 3.05) is 13.2 Å². The van der Waals surface area contributed by atoms with Crippen molar-refractivity contribution in [3.8, 4) is 0 Å². The van der Waals surface area contributed by atoms with Gasteiger partial charge in [0, 0.05) is 12.6 Å². The number of aliphatic hydroxyl groups excluding tert-OH is 1. The molecular formula is C22H27NO3. The lowest BCUT2D eigenvalue weighted by Gasteiger charge is -2.40. The van der Waals surface area contributed by atoms with E-state index in [1.807, 2.05) is 48.5 Å². The number of likely N-dealkylation sites (tertiary alicyclic amines) is 1. The van der Waals surface area contributed by atoms with Crippen LogP contribution in [0.2, 0.25) is 0 Å². The Balaban J connectivity index is 1.72. The van der Waals surface area contributed by atoms with Crippen LogP contribution >= 0.6 is 0 Å². The van der Waals surface area contributed by atoms with Crippen LogP contribution in [0.25, 0.3) is 0 Å². The van der Waals surface area contributed by atoms with Crippen LogP contribution in [0.3, 0.4) is 0 Å². The second-order valence-electron chi connectivity index (χ2n) is 6.78. The van der Waals surface area contributed by atoms with Crippen molar-refractivity contribution in [1.82, 2.24) is 4.90 Å². The van der Waals surface area contributed by atoms with E-state index in [0.29, 0.717) is 13.0 Å². The number of benzene rings is 2. The maximum Gasteiger partial charge on any atom is 0.323 e. The van der Waals surface area contributed by atoms with Crippen molar-refractivity contribution in [3.63, 3.8) is 0 Å². The smallest absolute Gasteiger partial charge is 0.323 e. The molecule has 1 unspecified atom stereocenters. The van der Waals surface area contributed by atoms with Crippen LogP contribution in [0.4, 0.5) is 0 Å². The molecule has 0 aliphatic carbocycles. The van der Waals surface area contributed by atoms with E-state index in [2.05, 4.69) is 17.0 Å². The van der Waals surface area contributed by atoms with Gasteiger partial charge in [-0.05, 0) is 36.9 Å². The number of aliphatic hydroxyl groups is 1. The molecule has 138 valence electrons. The minimum Gasteiger partial charge on any atom is -0.460 e. The number of nitrogens with zero attached hydrogens (tertiary/aromatic N) is 1. The Kier molecular flexibility index (Phi) is 6.81. The van der Waals surface area contributed by atoms with Gasteiger partial charge in [0.05, 0.1) is 0 Å². The summed E-state index contributed by atoms with van der Waals surface area (Å²) < 4.78 is 5.62. The molecule has 2 aromatic carbocycles. The van der Waals surface area contributed by atoms with Gasteiger partial charge in [0.15, 0.2) is 0 Å². The summed E-state index contributed by atoms with van der Waals surface area (Å²) in [4.78, 5) is 15.0. The average Bonchev–Trinajstić information content (AvgIpc) is 2.72. The average molecular weight is 353 g/mol. The number of hydrogen-bond acceptors (Lipinski definition) is 4. The molecule has 1 aliphatic heterocycles. The number of rotatable bonds is 7. The molecule has 1 aliphatic rings. The third-order valence-corrected chi connectivity index (χ3v) is 5.03. The lowest BCUT2D eigenvalue weighted by atomic mass is 9.94. The Morgan fingerprint density at radius 1 is 1.08 bits per heavy atom. The van der Waals surface area contributed by atoms with E-state index in [0.717, 1.165) is 36.9 Å². The Labute approximate surface area is 155 Å². The van der Waals surface area contributed by atoms with Gasteiger partial charge < -0.3 is 9.84 Å². The number of hydrogen-bond donors (Lipinski definition) is 1. The first kappa shape index (κ1) is 18.6. The van der Waals surface area contributed by atoms with E-state index in [-0.39, 0.29) is 24.7 Å². The summed E-state index contributed by atoms with van der Waals surface area (Å²) in [5.74, 6) is -0.160. The van der Waals surface area contributed by atoms with E-state index in [4.69, 9.17) is 4.74 Å². The van der Waals surface area contributed by atoms with Crippen LogP contribution in [-0.4, -0.2) is 35.2 Å². The number of carbonyl (C=O) groups is 1. The van der Waals surface area contributed by atoms with Crippen LogP contribution in [0.15, 0.2) is 60.7 Å². The molecule has 0 amide bonds. The van der Waals surface area contributed by atoms with E-state index in [1.54, 1.807) is 0 Å². The molecule has 4 nitrogen and oxygen atoms in total. The number of ether oxygens (including phenoxy) is 1. The maximum absolute atomic E-state index is 12.8. The molecule has 3 rings (SSSR count). The number of carbonyl (C=O) groups excluding carboxylic acids is 1. The van der Waals surface area contributed by atoms with Gasteiger partial charge in [-0.2, -0.15) is 0 Å². The second kappa shape index (κ2) is 9.51. The zero-order valence-electron chi connectivity index (χ0n) is 15.1. The van der Waals surface area contributed by atoms with Crippen LogP contribution in [0, 0.1) is 0 Å². The van der Waals surface area contributed by atoms with Crippen molar-refractivity contribution in [2.45, 2.75) is 44.4 Å². The minimum atomic E-state index is -0.246. The van der Waals surface area contributed by atoms with Gasteiger partial charge in [0.1, 0.15) is 12.6 Å². The first-order chi connectivity index (χ1) is 12.8. The van der Waals surface area contributed by atoms with Crippen LogP contribution in [-0.2, 0) is 16.1 Å². The molecular weight excluding hydrogens is 326 g/mol. The Hall–Kier alpha value is -2.17. The largest absolute Gasteiger partial charge is 0.460 e. The summed E-state index contributed by atoms with van der Waals surface area (Å²) in [6, 6.07) is 19.7. The summed E-state index contributed by atoms with van der Waals surface area (Å²) in [6.07, 6.45) is 3.52. The third kappa shape index (κ3) is 4.71. The summed E-state index contributed by atoms with van der Waals surface area (Å²) in [6.45, 7) is 1.26. The van der Waals surface area contributed by atoms with E-state index in [9.17, 15) is 9.90 Å². The number of piperidine rings is 1. The van der Waals surface area contributed by atoms with Crippen molar-refractivity contribution in [2.24, 2.45) is 0 Å². The maximum atomic E-state index is 12.8. The van der Waals surface area contributed by atoms with Gasteiger partial charge in [0.25, 0.3) is 0 Å². The molecule has 1 N–H and O–H groups in total. The van der Waals surface area contributed by atoms with Crippen molar-refractivity contribution in [3.05, 3.63) is 71.8 Å². The van der Waals surface area contributed by atoms with Crippen molar-refractivity contribution < 1.29 is 14.6 Å². The van der Waals surface area contributed by atoms with Crippen molar-refractivity contribution in [1.29, 1.82) is 0 Å². The van der Waals surface area contributed by atoms with Gasteiger partial charge in [-0.25, -0.2) is 0 Å². The van der Waals surface area contributed by atoms with Crippen LogP contribution in [0.1, 0.15) is 42.9 Å². The normalized spacial score (nSPS) is 19.0. The fourth-order valence-electron chi connectivity index (χ4n) is 3.73. The van der Waals surface area contributed by atoms with Gasteiger partial charge in [-0.3, -0.25) is 9.69 Å². The van der Waals surface area contributed by atoms with Gasteiger partial charge >= 0.3 is 5.97 Å². The summed E-state index contributed by atoms with van der Waals surface area (Å²) in [5.41, 5.74) is 2.14. The quantitative estimate of drug-likeness (QED) is 0.771. The fourth-order valence-corrected chi connectivity index (χ4v) is 3.73. The summed E-state index contributed by atoms with van der Waals surface area (Å²) >= 11 is 0. The highest BCUT2D eigenvalue weighted by molar-refractivity contribution is 5.76. The predicted octanol–water partition coefficient (Wildman–Crippen LogP) is 3.71. The Morgan fingerprint density at radius 2 is 1.77 bits per heavy atom. The fraction of sp³-hybridized carbons (Fsp3) is 0.409. The Morgan fingerprint density at radius 3 is 2.46 bits per heavy atom. The highest BCUT2D eigenvalue weighted by Crippen LogP contribution is 2.31. The van der Waals surface area contributed by atoms with Crippen molar-refractivity contribution >= 4 is 5.97 Å². The standard InChI is InChI=1S/C22H27NO3/c24-16-14-20(19-11-5-2-6-12-19)23-15-8-7-13-21(23)22(25)26-17-18-9-3-1-4-10-18/h1-6,9-12,20-21,24H,7-8,13-17H2/t20-,21?/m1/s1. The molecule has 0 saturated carbocycles. The predicted molar refractivity (Wildman–Crippen MR) is 101 cm³/mol. The molecule has 0 bridgehead atoms. The Bertz CT molecular complexity index is 674. The van der Waals surface area contributed by atoms with Crippen LogP contribution in [0.5, 0.6) is 0 Å². The third-order valence-electron chi connectivity index (χ3n) is 5.03. The molecule has 26 heavy (non-hydrogen) atoms. The number of esters is 1. The lowest BCUT2D eigenvalue weighted by molar-refractivity contribution is -0.154. The minimum absolute atomic E-state index is 0.0378. The first-order valence-electron chi connectivity index (χ1n) is 9.41. The highest BCUT2D eigenvalue weighted by Gasteiger charge is 2.35. The molecule has 1 fully saturated rings. The van der Waals surface area contributed by atoms with Gasteiger partial charge in [0.2, 0.25) is 0 Å². The first-order valence-corrected chi connectivity index (χ1v) is 9.41. The molecule has 1 heterocycles. The highest BCUT2D eigenvalue weighted by atomic mass is 16.5. The zero-order chi connectivity index (χ0) is 18.2. The van der Waals surface area contributed by atoms with Gasteiger partial charge in [-0.1, -0.05) is 67.1 Å². The van der Waals surface area contributed by atoms with E-state index in [1.165, 1.54) is 0 Å². The topological polar surface area (TPSA) is 49.8 Å². The monoisotopic (exact) mass is 353 g/mol. The molecule has 0 radical (unpaired) electrons. The molecule has 2 aromatic rings. The van der Waals surface area contributed by atoms with Crippen LogP contribution < -0.4 is 0 Å². The summed E-state index contributed by atoms with van der Waals surface area (Å²) in [5, 5.41) is 9.56. The van der Waals surface area contributed by atoms with Gasteiger partial charge in [-0.15, -0.1) is 0 Å². The molecule has 0 spiro atoms. The SMILES string of the molecule is O=C(OCc1ccccc1)C1CCCCN1[C@H](CCO)c1ccccc1. The van der Waals surface area contributed by atoms with E-state index < -0.39 is 0 Å². The summed E-state index contributed by atoms with van der Waals surface area (Å²) in [7, 11) is 0. The molecule has 0 aromatic heterocycles. The molecule has 4 heteroatoms. The van der Waals surface area contributed by atoms with E-state index >= 15 is 0 Å². The lowest BCUT2D eigenvalue weighted by Crippen LogP contribution is -2.47. The zero-order valence-corrected chi connectivity index (χ0v) is 15.1. The second-order valence-corrected chi connectivity index (χ2v) is 6.78.